The highest BCUT2D eigenvalue weighted by molar-refractivity contribution is 5.92. The molecule has 1 aliphatic rings. The van der Waals surface area contributed by atoms with Crippen LogP contribution in [0.15, 0.2) is 48.8 Å². The Hall–Kier alpha value is -3.39. The largest absolute Gasteiger partial charge is 0.496 e. The Morgan fingerprint density at radius 3 is 2.79 bits per heavy atom. The number of carbonyl (C=O) groups is 1. The molecule has 1 aliphatic heterocycles. The van der Waals surface area contributed by atoms with Crippen LogP contribution in [0.2, 0.25) is 0 Å². The van der Waals surface area contributed by atoms with E-state index in [2.05, 4.69) is 21.5 Å². The van der Waals surface area contributed by atoms with Gasteiger partial charge in [-0.3, -0.25) is 4.79 Å². The van der Waals surface area contributed by atoms with E-state index in [9.17, 15) is 4.79 Å². The van der Waals surface area contributed by atoms with Crippen molar-refractivity contribution in [3.8, 4) is 11.4 Å². The summed E-state index contributed by atoms with van der Waals surface area (Å²) >= 11 is 0. The molecule has 0 saturated carbocycles. The quantitative estimate of drug-likeness (QED) is 0.682. The highest BCUT2D eigenvalue weighted by atomic mass is 16.5. The molecule has 144 valence electrons. The lowest BCUT2D eigenvalue weighted by molar-refractivity contribution is 0.100. The van der Waals surface area contributed by atoms with E-state index in [4.69, 9.17) is 15.2 Å². The summed E-state index contributed by atoms with van der Waals surface area (Å²) in [6.45, 7) is 1.51. The van der Waals surface area contributed by atoms with Gasteiger partial charge in [-0.1, -0.05) is 6.07 Å². The Kier molecular flexibility index (Phi) is 4.94. The number of nitrogens with one attached hydrogen (secondary N) is 1. The number of anilines is 2. The molecule has 4 rings (SSSR count). The minimum atomic E-state index is -0.464. The molecule has 0 radical (unpaired) electrons. The van der Waals surface area contributed by atoms with Gasteiger partial charge in [-0.2, -0.15) is 4.98 Å². The summed E-state index contributed by atoms with van der Waals surface area (Å²) in [6.07, 6.45) is 2.60. The Bertz CT molecular complexity index is 978. The number of hydrogen-bond acceptors (Lipinski definition) is 6. The first-order valence-corrected chi connectivity index (χ1v) is 8.98. The van der Waals surface area contributed by atoms with E-state index < -0.39 is 5.91 Å². The van der Waals surface area contributed by atoms with Crippen LogP contribution < -0.4 is 15.8 Å². The molecule has 1 amide bonds. The molecule has 1 fully saturated rings. The van der Waals surface area contributed by atoms with Crippen LogP contribution in [0.3, 0.4) is 0 Å². The lowest BCUT2D eigenvalue weighted by Gasteiger charge is -2.14. The van der Waals surface area contributed by atoms with Gasteiger partial charge in [0.05, 0.1) is 19.4 Å². The summed E-state index contributed by atoms with van der Waals surface area (Å²) < 4.78 is 12.7. The molecule has 1 aromatic heterocycles. The molecule has 0 bridgehead atoms. The van der Waals surface area contributed by atoms with Crippen LogP contribution in [0, 0.1) is 0 Å². The highest BCUT2D eigenvalue weighted by Crippen LogP contribution is 2.34. The molecule has 1 atom stereocenters. The number of amides is 1. The van der Waals surface area contributed by atoms with Crippen molar-refractivity contribution in [3.05, 3.63) is 59.9 Å². The minimum absolute atomic E-state index is 0.365. The standard InChI is InChI=1S/C20H21N5O3/c1-27-18-10-15(4-7-17(18)14-8-9-28-11-14)23-20-22-12-25(24-20)16-5-2-13(3-6-16)19(21)26/h2-7,10,12,14H,8-9,11H2,1H3,(H2,21,26)(H,23,24). The van der Waals surface area contributed by atoms with Crippen LogP contribution >= 0.6 is 0 Å². The third-order valence-corrected chi connectivity index (χ3v) is 4.77. The van der Waals surface area contributed by atoms with Crippen LogP contribution in [-0.2, 0) is 4.74 Å². The van der Waals surface area contributed by atoms with Gasteiger partial charge in [-0.05, 0) is 42.3 Å². The zero-order chi connectivity index (χ0) is 19.5. The van der Waals surface area contributed by atoms with Crippen LogP contribution in [0.1, 0.15) is 28.3 Å². The SMILES string of the molecule is COc1cc(Nc2ncn(-c3ccc(C(N)=O)cc3)n2)ccc1C1CCOC1. The highest BCUT2D eigenvalue weighted by Gasteiger charge is 2.21. The van der Waals surface area contributed by atoms with E-state index in [0.29, 0.717) is 17.4 Å². The minimum Gasteiger partial charge on any atom is -0.496 e. The van der Waals surface area contributed by atoms with Gasteiger partial charge in [0.25, 0.3) is 0 Å². The smallest absolute Gasteiger partial charge is 0.248 e. The second-order valence-corrected chi connectivity index (χ2v) is 6.57. The van der Waals surface area contributed by atoms with Gasteiger partial charge in [0, 0.05) is 29.8 Å². The molecule has 3 aromatic rings. The van der Waals surface area contributed by atoms with Gasteiger partial charge >= 0.3 is 0 Å². The van der Waals surface area contributed by atoms with Crippen molar-refractivity contribution in [2.45, 2.75) is 12.3 Å². The van der Waals surface area contributed by atoms with E-state index in [1.165, 1.54) is 0 Å². The number of rotatable bonds is 6. The number of aromatic nitrogens is 3. The van der Waals surface area contributed by atoms with Crippen LogP contribution in [0.5, 0.6) is 5.75 Å². The first kappa shape index (κ1) is 18.0. The van der Waals surface area contributed by atoms with Crippen LogP contribution in [0.4, 0.5) is 11.6 Å². The Morgan fingerprint density at radius 2 is 2.11 bits per heavy atom. The zero-order valence-electron chi connectivity index (χ0n) is 15.5. The average Bonchev–Trinajstić information content (AvgIpc) is 3.40. The molecule has 2 heterocycles. The summed E-state index contributed by atoms with van der Waals surface area (Å²) in [6, 6.07) is 12.8. The number of primary amides is 1. The van der Waals surface area contributed by atoms with Gasteiger partial charge < -0.3 is 20.5 Å². The molecule has 1 unspecified atom stereocenters. The number of nitrogens with two attached hydrogens (primary N) is 1. The van der Waals surface area contributed by atoms with E-state index in [0.717, 1.165) is 42.3 Å². The van der Waals surface area contributed by atoms with E-state index >= 15 is 0 Å². The predicted molar refractivity (Wildman–Crippen MR) is 104 cm³/mol. The van der Waals surface area contributed by atoms with Gasteiger partial charge in [0.2, 0.25) is 11.9 Å². The fraction of sp³-hybridized carbons (Fsp3) is 0.250. The topological polar surface area (TPSA) is 104 Å². The average molecular weight is 379 g/mol. The second kappa shape index (κ2) is 7.69. The van der Waals surface area contributed by atoms with Crippen LogP contribution in [0.25, 0.3) is 5.69 Å². The Balaban J connectivity index is 1.51. The number of nitrogens with zero attached hydrogens (tertiary/aromatic N) is 3. The normalized spacial score (nSPS) is 16.1. The fourth-order valence-electron chi connectivity index (χ4n) is 3.26. The molecule has 3 N–H and O–H groups in total. The maximum Gasteiger partial charge on any atom is 0.248 e. The van der Waals surface area contributed by atoms with Gasteiger partial charge in [0.1, 0.15) is 12.1 Å². The maximum absolute atomic E-state index is 11.2. The number of methoxy groups -OCH3 is 1. The molecule has 8 nitrogen and oxygen atoms in total. The number of benzene rings is 2. The third kappa shape index (κ3) is 3.67. The molecule has 0 aliphatic carbocycles. The molecule has 1 saturated heterocycles. The maximum atomic E-state index is 11.2. The van der Waals surface area contributed by atoms with Crippen molar-refractivity contribution in [2.24, 2.45) is 5.73 Å². The summed E-state index contributed by atoms with van der Waals surface area (Å²) in [5.74, 6) is 1.18. The number of carbonyl (C=O) groups excluding carboxylic acids is 1. The fourth-order valence-corrected chi connectivity index (χ4v) is 3.26. The number of hydrogen-bond donors (Lipinski definition) is 2. The van der Waals surface area contributed by atoms with Crippen molar-refractivity contribution in [1.29, 1.82) is 0 Å². The lowest BCUT2D eigenvalue weighted by Crippen LogP contribution is -2.10. The monoisotopic (exact) mass is 379 g/mol. The van der Waals surface area contributed by atoms with Gasteiger partial charge in [-0.15, -0.1) is 5.10 Å². The molecule has 28 heavy (non-hydrogen) atoms. The summed E-state index contributed by atoms with van der Waals surface area (Å²) in [5, 5.41) is 7.61. The summed E-state index contributed by atoms with van der Waals surface area (Å²) in [4.78, 5) is 15.5. The van der Waals surface area contributed by atoms with E-state index in [1.807, 2.05) is 12.1 Å². The molecular weight excluding hydrogens is 358 g/mol. The van der Waals surface area contributed by atoms with Crippen molar-refractivity contribution in [2.75, 3.05) is 25.6 Å². The van der Waals surface area contributed by atoms with Crippen molar-refractivity contribution >= 4 is 17.5 Å². The first-order chi connectivity index (χ1) is 13.6. The van der Waals surface area contributed by atoms with Crippen LogP contribution in [-0.4, -0.2) is 41.0 Å². The van der Waals surface area contributed by atoms with Crippen molar-refractivity contribution < 1.29 is 14.3 Å². The van der Waals surface area contributed by atoms with Gasteiger partial charge in [0.15, 0.2) is 0 Å². The molecule has 0 spiro atoms. The first-order valence-electron chi connectivity index (χ1n) is 8.98. The molecule has 8 heteroatoms. The predicted octanol–water partition coefficient (Wildman–Crippen LogP) is 2.62. The lowest BCUT2D eigenvalue weighted by atomic mass is 9.97. The molecule has 2 aromatic carbocycles. The third-order valence-electron chi connectivity index (χ3n) is 4.77. The summed E-state index contributed by atoms with van der Waals surface area (Å²) in [5.41, 5.74) is 8.48. The Morgan fingerprint density at radius 1 is 1.29 bits per heavy atom. The van der Waals surface area contributed by atoms with Gasteiger partial charge in [-0.25, -0.2) is 4.68 Å². The second-order valence-electron chi connectivity index (χ2n) is 6.57. The summed E-state index contributed by atoms with van der Waals surface area (Å²) in [7, 11) is 1.67. The number of ether oxygens (including phenoxy) is 2. The molecular formula is C20H21N5O3. The zero-order valence-corrected chi connectivity index (χ0v) is 15.5. The van der Waals surface area contributed by atoms with E-state index in [1.54, 1.807) is 42.4 Å². The van der Waals surface area contributed by atoms with Crippen molar-refractivity contribution in [3.63, 3.8) is 0 Å². The van der Waals surface area contributed by atoms with Crippen molar-refractivity contribution in [1.82, 2.24) is 14.8 Å². The Labute approximate surface area is 162 Å². The van der Waals surface area contributed by atoms with E-state index in [-0.39, 0.29) is 0 Å².